The zero-order valence-electron chi connectivity index (χ0n) is 17.6. The van der Waals surface area contributed by atoms with E-state index in [4.69, 9.17) is 4.74 Å². The summed E-state index contributed by atoms with van der Waals surface area (Å²) < 4.78 is 43.1. The fraction of sp³-hybridized carbons (Fsp3) is 0.0952. The summed E-state index contributed by atoms with van der Waals surface area (Å²) in [5.74, 6) is -1.77. The lowest BCUT2D eigenvalue weighted by atomic mass is 10.2. The number of nitrogens with zero attached hydrogens (tertiary/aromatic N) is 3. The zero-order valence-corrected chi connectivity index (χ0v) is 17.6. The molecule has 0 saturated heterocycles. The first-order valence-electron chi connectivity index (χ1n) is 9.50. The van der Waals surface area contributed by atoms with Gasteiger partial charge < -0.3 is 20.7 Å². The van der Waals surface area contributed by atoms with Crippen molar-refractivity contribution in [3.63, 3.8) is 0 Å². The largest absolute Gasteiger partial charge is 0.484 e. The Balaban J connectivity index is 1.93. The maximum absolute atomic E-state index is 12.7. The molecular weight excluding hydrogens is 455 g/mol. The van der Waals surface area contributed by atoms with Crippen molar-refractivity contribution < 1.29 is 27.5 Å². The highest BCUT2D eigenvalue weighted by molar-refractivity contribution is 6.00. The van der Waals surface area contributed by atoms with Gasteiger partial charge in [0.15, 0.2) is 0 Å². The maximum Gasteiger partial charge on any atom is 0.484 e. The first kappa shape index (κ1) is 24.0. The Kier molecular flexibility index (Phi) is 7.26. The second kappa shape index (κ2) is 10.3. The van der Waals surface area contributed by atoms with Crippen LogP contribution in [-0.2, 0) is 4.79 Å². The summed E-state index contributed by atoms with van der Waals surface area (Å²) >= 11 is 0. The van der Waals surface area contributed by atoms with Crippen LogP contribution >= 0.6 is 0 Å². The molecule has 0 spiro atoms. The van der Waals surface area contributed by atoms with Crippen LogP contribution in [0.2, 0.25) is 0 Å². The zero-order chi connectivity index (χ0) is 24.7. The van der Waals surface area contributed by atoms with Gasteiger partial charge >= 0.3 is 6.30 Å². The van der Waals surface area contributed by atoms with E-state index in [2.05, 4.69) is 37.5 Å². The molecule has 0 aliphatic carbocycles. The van der Waals surface area contributed by atoms with Gasteiger partial charge in [-0.3, -0.25) is 14.9 Å². The highest BCUT2D eigenvalue weighted by Gasteiger charge is 2.32. The van der Waals surface area contributed by atoms with E-state index in [0.29, 0.717) is 22.9 Å². The summed E-state index contributed by atoms with van der Waals surface area (Å²) in [5.41, 5.74) is 0.719. The quantitative estimate of drug-likeness (QED) is 0.288. The molecule has 3 rings (SSSR count). The van der Waals surface area contributed by atoms with E-state index < -0.39 is 23.7 Å². The van der Waals surface area contributed by atoms with Gasteiger partial charge in [0.25, 0.3) is 5.91 Å². The number of amides is 2. The average Bonchev–Trinajstić information content (AvgIpc) is 2.78. The van der Waals surface area contributed by atoms with Crippen molar-refractivity contribution in [1.82, 2.24) is 20.3 Å². The van der Waals surface area contributed by atoms with E-state index in [1.807, 2.05) is 0 Å². The van der Waals surface area contributed by atoms with Gasteiger partial charge in [-0.25, -0.2) is 9.97 Å². The monoisotopic (exact) mass is 473 g/mol. The minimum absolute atomic E-state index is 0.0193. The van der Waals surface area contributed by atoms with Gasteiger partial charge in [0.05, 0.1) is 19.0 Å². The topological polar surface area (TPSA) is 130 Å². The second-order valence-corrected chi connectivity index (χ2v) is 6.52. The molecule has 0 atom stereocenters. The van der Waals surface area contributed by atoms with Crippen LogP contribution in [-0.4, -0.2) is 40.2 Å². The molecule has 0 bridgehead atoms. The van der Waals surface area contributed by atoms with Gasteiger partial charge in [-0.2, -0.15) is 18.2 Å². The van der Waals surface area contributed by atoms with Crippen LogP contribution in [0.1, 0.15) is 10.4 Å². The van der Waals surface area contributed by atoms with E-state index in [0.717, 1.165) is 17.6 Å². The molecule has 3 aromatic rings. The van der Waals surface area contributed by atoms with Crippen LogP contribution in [0.5, 0.6) is 5.88 Å². The Morgan fingerprint density at radius 3 is 2.44 bits per heavy atom. The van der Waals surface area contributed by atoms with Crippen molar-refractivity contribution >= 4 is 40.6 Å². The lowest BCUT2D eigenvalue weighted by Gasteiger charge is -2.15. The lowest BCUT2D eigenvalue weighted by Crippen LogP contribution is -2.37. The lowest BCUT2D eigenvalue weighted by molar-refractivity contribution is -0.146. The Hall–Kier alpha value is -4.68. The molecule has 2 heterocycles. The molecule has 34 heavy (non-hydrogen) atoms. The summed E-state index contributed by atoms with van der Waals surface area (Å²) in [6, 6.07) is 9.44. The van der Waals surface area contributed by atoms with Crippen LogP contribution in [0, 0.1) is 0 Å². The number of methoxy groups -OCH3 is 1. The third kappa shape index (κ3) is 6.66. The molecule has 0 aliphatic heterocycles. The standard InChI is InChI=1S/C21H18F3N7O3/c1-3-16(32)27-12-5-4-6-13(9-12)28-18-15(19(33)31-21(22,23)24)11-26-20(30-18)29-14-7-8-17(34-2)25-10-14/h3-11H,1H2,2H3,(H,27,32)(H,31,33)(H2,26,28,29,30). The highest BCUT2D eigenvalue weighted by Crippen LogP contribution is 2.25. The number of aromatic nitrogens is 3. The number of ether oxygens (including phenoxy) is 1. The molecule has 0 saturated carbocycles. The third-order valence-corrected chi connectivity index (χ3v) is 4.07. The van der Waals surface area contributed by atoms with Crippen molar-refractivity contribution in [1.29, 1.82) is 0 Å². The molecule has 13 heteroatoms. The minimum atomic E-state index is -4.95. The number of halogens is 3. The first-order valence-corrected chi connectivity index (χ1v) is 9.50. The van der Waals surface area contributed by atoms with E-state index in [9.17, 15) is 22.8 Å². The van der Waals surface area contributed by atoms with Crippen LogP contribution in [0.25, 0.3) is 0 Å². The number of pyridine rings is 1. The third-order valence-electron chi connectivity index (χ3n) is 4.07. The van der Waals surface area contributed by atoms with E-state index >= 15 is 0 Å². The SMILES string of the molecule is C=CC(=O)Nc1cccc(Nc2nc(Nc3ccc(OC)nc3)ncc2C(=O)NC(F)(F)F)c1. The smallest absolute Gasteiger partial charge is 0.481 e. The number of carbonyl (C=O) groups excluding carboxylic acids is 2. The fourth-order valence-electron chi connectivity index (χ4n) is 2.61. The number of carbonyl (C=O) groups is 2. The number of benzene rings is 1. The molecule has 176 valence electrons. The van der Waals surface area contributed by atoms with Gasteiger partial charge in [0.1, 0.15) is 11.4 Å². The maximum atomic E-state index is 12.7. The van der Waals surface area contributed by atoms with Gasteiger partial charge in [0.2, 0.25) is 17.7 Å². The van der Waals surface area contributed by atoms with Crippen LogP contribution in [0.3, 0.4) is 0 Å². The molecule has 0 aliphatic rings. The molecule has 2 amide bonds. The van der Waals surface area contributed by atoms with E-state index in [-0.39, 0.29) is 11.8 Å². The summed E-state index contributed by atoms with van der Waals surface area (Å²) in [6.07, 6.45) is -1.49. The molecular formula is C21H18F3N7O3. The van der Waals surface area contributed by atoms with Gasteiger partial charge in [-0.1, -0.05) is 12.6 Å². The van der Waals surface area contributed by atoms with E-state index in [1.54, 1.807) is 30.3 Å². The number of hydrogen-bond acceptors (Lipinski definition) is 8. The van der Waals surface area contributed by atoms with Crippen LogP contribution in [0.4, 0.5) is 42.0 Å². The molecule has 0 radical (unpaired) electrons. The molecule has 1 aromatic carbocycles. The van der Waals surface area contributed by atoms with Crippen LogP contribution in [0.15, 0.2) is 61.4 Å². The Bertz CT molecular complexity index is 1200. The summed E-state index contributed by atoms with van der Waals surface area (Å²) in [5, 5.41) is 9.09. The molecule has 2 aromatic heterocycles. The Labute approximate surface area is 191 Å². The normalized spacial score (nSPS) is 10.7. The Morgan fingerprint density at radius 2 is 1.79 bits per heavy atom. The van der Waals surface area contributed by atoms with E-state index in [1.165, 1.54) is 19.4 Å². The summed E-state index contributed by atoms with van der Waals surface area (Å²) in [7, 11) is 1.46. The van der Waals surface area contributed by atoms with Crippen molar-refractivity contribution in [2.24, 2.45) is 0 Å². The van der Waals surface area contributed by atoms with Gasteiger partial charge in [-0.05, 0) is 30.3 Å². The Morgan fingerprint density at radius 1 is 1.03 bits per heavy atom. The first-order chi connectivity index (χ1) is 16.2. The number of hydrogen-bond donors (Lipinski definition) is 4. The van der Waals surface area contributed by atoms with Crippen molar-refractivity contribution in [3.05, 3.63) is 67.0 Å². The predicted octanol–water partition coefficient (Wildman–Crippen LogP) is 3.74. The molecule has 10 nitrogen and oxygen atoms in total. The second-order valence-electron chi connectivity index (χ2n) is 6.52. The number of rotatable bonds is 8. The number of nitrogens with one attached hydrogen (secondary N) is 4. The summed E-state index contributed by atoms with van der Waals surface area (Å²) in [4.78, 5) is 35.8. The molecule has 4 N–H and O–H groups in total. The number of anilines is 5. The van der Waals surface area contributed by atoms with Gasteiger partial charge in [0, 0.05) is 23.6 Å². The summed E-state index contributed by atoms with van der Waals surface area (Å²) in [6.45, 7) is 3.36. The molecule has 0 fully saturated rings. The van der Waals surface area contributed by atoms with Crippen molar-refractivity contribution in [3.8, 4) is 5.88 Å². The molecule has 0 unspecified atom stereocenters. The predicted molar refractivity (Wildman–Crippen MR) is 118 cm³/mol. The average molecular weight is 473 g/mol. The fourth-order valence-corrected chi connectivity index (χ4v) is 2.61. The van der Waals surface area contributed by atoms with Crippen molar-refractivity contribution in [2.45, 2.75) is 6.30 Å². The highest BCUT2D eigenvalue weighted by atomic mass is 19.4. The number of alkyl halides is 3. The van der Waals surface area contributed by atoms with Crippen LogP contribution < -0.4 is 26.0 Å². The van der Waals surface area contributed by atoms with Gasteiger partial charge in [-0.15, -0.1) is 0 Å². The minimum Gasteiger partial charge on any atom is -0.481 e. The van der Waals surface area contributed by atoms with Crippen molar-refractivity contribution in [2.75, 3.05) is 23.1 Å².